The predicted molar refractivity (Wildman–Crippen MR) is 94.3 cm³/mol. The number of carbonyl (C=O) groups excluding carboxylic acids is 1. The Morgan fingerprint density at radius 3 is 2.88 bits per heavy atom. The average Bonchev–Trinajstić information content (AvgIpc) is 3.44. The van der Waals surface area contributed by atoms with Crippen molar-refractivity contribution in [1.29, 1.82) is 0 Å². The van der Waals surface area contributed by atoms with E-state index in [4.69, 9.17) is 0 Å². The van der Waals surface area contributed by atoms with Crippen LogP contribution in [0.15, 0.2) is 6.33 Å². The molecule has 1 spiro atoms. The Morgan fingerprint density at radius 2 is 2.16 bits per heavy atom. The smallest absolute Gasteiger partial charge is 0.223 e. The Balaban J connectivity index is 1.16. The van der Waals surface area contributed by atoms with Gasteiger partial charge in [0.05, 0.1) is 10.6 Å². The van der Waals surface area contributed by atoms with Crippen molar-refractivity contribution < 1.29 is 9.90 Å². The number of fused-ring (bicyclic) bond motifs is 1. The number of amides is 1. The first kappa shape index (κ1) is 15.5. The van der Waals surface area contributed by atoms with Crippen LogP contribution in [0.5, 0.6) is 0 Å². The van der Waals surface area contributed by atoms with Crippen LogP contribution < -0.4 is 10.6 Å². The highest BCUT2D eigenvalue weighted by atomic mass is 32.1. The van der Waals surface area contributed by atoms with Gasteiger partial charge in [-0.3, -0.25) is 4.79 Å². The molecule has 3 aliphatic rings. The number of aliphatic hydroxyl groups is 1. The monoisotopic (exact) mass is 359 g/mol. The molecule has 25 heavy (non-hydrogen) atoms. The molecule has 2 aromatic rings. The molecule has 3 fully saturated rings. The van der Waals surface area contributed by atoms with Gasteiger partial charge in [-0.05, 0) is 44.4 Å². The molecule has 3 N–H and O–H groups in total. The molecule has 3 saturated carbocycles. The molecule has 2 aromatic heterocycles. The Morgan fingerprint density at radius 1 is 1.36 bits per heavy atom. The zero-order valence-electron chi connectivity index (χ0n) is 14.1. The lowest BCUT2D eigenvalue weighted by molar-refractivity contribution is -0.125. The molecular weight excluding hydrogens is 338 g/mol. The van der Waals surface area contributed by atoms with Crippen LogP contribution in [0.1, 0.15) is 37.1 Å². The highest BCUT2D eigenvalue weighted by molar-refractivity contribution is 7.18. The molecule has 5 rings (SSSR count). The lowest BCUT2D eigenvalue weighted by Gasteiger charge is -2.44. The Kier molecular flexibility index (Phi) is 3.16. The third-order valence-corrected chi connectivity index (χ3v) is 6.76. The van der Waals surface area contributed by atoms with E-state index in [0.29, 0.717) is 24.8 Å². The first-order chi connectivity index (χ1) is 12.0. The highest BCUT2D eigenvalue weighted by Crippen LogP contribution is 2.70. The zero-order chi connectivity index (χ0) is 17.2. The summed E-state index contributed by atoms with van der Waals surface area (Å²) >= 11 is 1.54. The van der Waals surface area contributed by atoms with Crippen molar-refractivity contribution in [3.63, 3.8) is 0 Å². The summed E-state index contributed by atoms with van der Waals surface area (Å²) in [6.07, 6.45) is 6.17. The Bertz CT molecular complexity index is 856. The lowest BCUT2D eigenvalue weighted by atomic mass is 9.75. The molecule has 0 bridgehead atoms. The van der Waals surface area contributed by atoms with Gasteiger partial charge < -0.3 is 15.7 Å². The maximum atomic E-state index is 12.1. The van der Waals surface area contributed by atoms with Crippen LogP contribution in [-0.4, -0.2) is 44.2 Å². The summed E-state index contributed by atoms with van der Waals surface area (Å²) in [6.45, 7) is 2.29. The molecule has 3 aliphatic carbocycles. The van der Waals surface area contributed by atoms with Crippen LogP contribution in [-0.2, 0) is 4.79 Å². The summed E-state index contributed by atoms with van der Waals surface area (Å²) in [4.78, 5) is 26.0. The van der Waals surface area contributed by atoms with Gasteiger partial charge in [-0.25, -0.2) is 15.0 Å². The largest absolute Gasteiger partial charge is 0.388 e. The fourth-order valence-corrected chi connectivity index (χ4v) is 4.82. The number of nitrogens with one attached hydrogen (secondary N) is 2. The van der Waals surface area contributed by atoms with Crippen molar-refractivity contribution in [2.45, 2.75) is 50.7 Å². The van der Waals surface area contributed by atoms with Crippen LogP contribution in [0.4, 0.5) is 5.82 Å². The van der Waals surface area contributed by atoms with Gasteiger partial charge in [0, 0.05) is 18.5 Å². The van der Waals surface area contributed by atoms with Gasteiger partial charge in [0.25, 0.3) is 0 Å². The van der Waals surface area contributed by atoms with E-state index >= 15 is 0 Å². The van der Waals surface area contributed by atoms with Gasteiger partial charge >= 0.3 is 0 Å². The van der Waals surface area contributed by atoms with E-state index in [0.717, 1.165) is 27.6 Å². The topological polar surface area (TPSA) is 100 Å². The van der Waals surface area contributed by atoms with E-state index in [2.05, 4.69) is 25.6 Å². The molecule has 0 aromatic carbocycles. The van der Waals surface area contributed by atoms with E-state index in [1.165, 1.54) is 19.2 Å². The lowest BCUT2D eigenvalue weighted by Crippen LogP contribution is -2.57. The Hall–Kier alpha value is -1.80. The maximum absolute atomic E-state index is 12.1. The molecule has 1 amide bonds. The van der Waals surface area contributed by atoms with Crippen LogP contribution in [0.3, 0.4) is 0 Å². The molecule has 2 heterocycles. The first-order valence-corrected chi connectivity index (χ1v) is 9.63. The van der Waals surface area contributed by atoms with Gasteiger partial charge in [-0.2, -0.15) is 0 Å². The number of carbonyl (C=O) groups is 1. The van der Waals surface area contributed by atoms with E-state index in [1.54, 1.807) is 11.3 Å². The molecule has 0 saturated heterocycles. The number of thiazole rings is 1. The molecule has 1 unspecified atom stereocenters. The summed E-state index contributed by atoms with van der Waals surface area (Å²) < 4.78 is 0. The van der Waals surface area contributed by atoms with Crippen molar-refractivity contribution in [1.82, 2.24) is 20.3 Å². The van der Waals surface area contributed by atoms with E-state index in [1.807, 2.05) is 6.92 Å². The number of anilines is 1. The summed E-state index contributed by atoms with van der Waals surface area (Å²) in [5, 5.41) is 17.8. The maximum Gasteiger partial charge on any atom is 0.223 e. The number of rotatable bonds is 5. The molecule has 7 nitrogen and oxygen atoms in total. The minimum atomic E-state index is -0.816. The summed E-state index contributed by atoms with van der Waals surface area (Å²) in [7, 11) is 0. The average molecular weight is 359 g/mol. The second kappa shape index (κ2) is 5.11. The second-order valence-electron chi connectivity index (χ2n) is 7.92. The molecule has 1 atom stereocenters. The number of aryl methyl sites for hydroxylation is 1. The van der Waals surface area contributed by atoms with Crippen molar-refractivity contribution >= 4 is 33.4 Å². The molecule has 0 radical (unpaired) electrons. The summed E-state index contributed by atoms with van der Waals surface area (Å²) in [5.74, 6) is 1.05. The van der Waals surface area contributed by atoms with Crippen molar-refractivity contribution in [2.24, 2.45) is 11.3 Å². The molecule has 0 aliphatic heterocycles. The standard InChI is InChI=1S/C17H21N5O2S/c1-9-21-12-13(19-8-20-15(12)25-9)22-10-4-17(24,5-10)7-18-14(23)11-6-16(11)2-3-16/h8,10-11,24H,2-7H2,1H3,(H,18,23)(H,19,20,22). The second-order valence-corrected chi connectivity index (χ2v) is 9.10. The number of nitrogens with zero attached hydrogens (tertiary/aromatic N) is 3. The number of hydrogen-bond donors (Lipinski definition) is 3. The Labute approximate surface area is 149 Å². The quantitative estimate of drug-likeness (QED) is 0.750. The number of aromatic nitrogens is 3. The van der Waals surface area contributed by atoms with Crippen LogP contribution in [0.2, 0.25) is 0 Å². The summed E-state index contributed by atoms with van der Waals surface area (Å²) in [5.41, 5.74) is 0.334. The predicted octanol–water partition coefficient (Wildman–Crippen LogP) is 1.62. The van der Waals surface area contributed by atoms with E-state index in [9.17, 15) is 9.90 Å². The molecule has 8 heteroatoms. The van der Waals surface area contributed by atoms with Gasteiger partial charge in [-0.1, -0.05) is 11.3 Å². The number of hydrogen-bond acceptors (Lipinski definition) is 7. The fraction of sp³-hybridized carbons (Fsp3) is 0.647. The van der Waals surface area contributed by atoms with Crippen molar-refractivity contribution in [3.05, 3.63) is 11.3 Å². The van der Waals surface area contributed by atoms with Crippen LogP contribution in [0.25, 0.3) is 10.3 Å². The van der Waals surface area contributed by atoms with Crippen LogP contribution >= 0.6 is 11.3 Å². The van der Waals surface area contributed by atoms with Gasteiger partial charge in [0.15, 0.2) is 5.82 Å². The fourth-order valence-electron chi connectivity index (χ4n) is 4.07. The summed E-state index contributed by atoms with van der Waals surface area (Å²) in [6, 6.07) is 0.137. The van der Waals surface area contributed by atoms with Gasteiger partial charge in [0.2, 0.25) is 5.91 Å². The SMILES string of the molecule is Cc1nc2c(NC3CC(O)(CNC(=O)C4CC45CC5)C3)ncnc2s1. The molecular formula is C17H21N5O2S. The van der Waals surface area contributed by atoms with E-state index in [-0.39, 0.29) is 17.9 Å². The third-order valence-electron chi connectivity index (χ3n) is 5.89. The highest BCUT2D eigenvalue weighted by Gasteiger charge is 2.65. The third kappa shape index (κ3) is 2.67. The minimum absolute atomic E-state index is 0.123. The van der Waals surface area contributed by atoms with Gasteiger partial charge in [-0.15, -0.1) is 0 Å². The van der Waals surface area contributed by atoms with Crippen molar-refractivity contribution in [2.75, 3.05) is 11.9 Å². The van der Waals surface area contributed by atoms with Gasteiger partial charge in [0.1, 0.15) is 16.7 Å². The molecule has 132 valence electrons. The normalized spacial score (nSPS) is 31.6. The minimum Gasteiger partial charge on any atom is -0.388 e. The van der Waals surface area contributed by atoms with Crippen LogP contribution in [0, 0.1) is 18.3 Å². The van der Waals surface area contributed by atoms with E-state index < -0.39 is 5.60 Å². The van der Waals surface area contributed by atoms with Crippen molar-refractivity contribution in [3.8, 4) is 0 Å². The zero-order valence-corrected chi connectivity index (χ0v) is 14.9. The first-order valence-electron chi connectivity index (χ1n) is 8.81.